The van der Waals surface area contributed by atoms with Crippen molar-refractivity contribution in [1.82, 2.24) is 4.57 Å². The number of terminal acetylenes is 1. The Kier molecular flexibility index (Phi) is 3.84. The van der Waals surface area contributed by atoms with Crippen molar-refractivity contribution in [1.29, 1.82) is 0 Å². The van der Waals surface area contributed by atoms with E-state index in [-0.39, 0.29) is 11.4 Å². The molecule has 4 nitrogen and oxygen atoms in total. The van der Waals surface area contributed by atoms with Gasteiger partial charge in [0.1, 0.15) is 0 Å². The van der Waals surface area contributed by atoms with Crippen LogP contribution in [0, 0.1) is 12.3 Å². The average Bonchev–Trinajstić information content (AvgIpc) is 2.86. The van der Waals surface area contributed by atoms with E-state index in [2.05, 4.69) is 10.3 Å². The van der Waals surface area contributed by atoms with E-state index in [0.717, 1.165) is 10.2 Å². The number of sulfonamides is 1. The summed E-state index contributed by atoms with van der Waals surface area (Å²) in [5.74, 6) is 2.54. The molecule has 6 heteroatoms. The van der Waals surface area contributed by atoms with Gasteiger partial charge in [0.05, 0.1) is 21.7 Å². The minimum absolute atomic E-state index is 0.166. The second-order valence-electron chi connectivity index (χ2n) is 4.52. The maximum atomic E-state index is 12.4. The van der Waals surface area contributed by atoms with Gasteiger partial charge in [-0.2, -0.15) is 8.42 Å². The molecule has 0 aliphatic heterocycles. The van der Waals surface area contributed by atoms with Crippen molar-refractivity contribution in [2.24, 2.45) is 4.40 Å². The SMILES string of the molecule is C#CCn1/c(=N/S(=O)(=O)c2ccccc2)sc2ccccc21. The molecule has 2 aromatic carbocycles. The minimum Gasteiger partial charge on any atom is -0.304 e. The number of nitrogens with zero attached hydrogens (tertiary/aromatic N) is 2. The summed E-state index contributed by atoms with van der Waals surface area (Å²) in [6.07, 6.45) is 5.40. The monoisotopic (exact) mass is 328 g/mol. The fraction of sp³-hybridized carbons (Fsp3) is 0.0625. The summed E-state index contributed by atoms with van der Waals surface area (Å²) in [6.45, 7) is 0.271. The molecule has 0 unspecified atom stereocenters. The van der Waals surface area contributed by atoms with Crippen LogP contribution in [0.4, 0.5) is 0 Å². The first-order chi connectivity index (χ1) is 10.6. The second-order valence-corrected chi connectivity index (χ2v) is 7.14. The first-order valence-corrected chi connectivity index (χ1v) is 8.75. The fourth-order valence-corrected chi connectivity index (χ4v) is 4.34. The van der Waals surface area contributed by atoms with E-state index in [1.807, 2.05) is 24.3 Å². The third kappa shape index (κ3) is 2.69. The summed E-state index contributed by atoms with van der Waals surface area (Å²) in [5, 5.41) is 0. The lowest BCUT2D eigenvalue weighted by atomic mass is 10.3. The number of benzene rings is 2. The van der Waals surface area contributed by atoms with Crippen LogP contribution in [-0.4, -0.2) is 13.0 Å². The Hall–Kier alpha value is -2.36. The molecular formula is C16H12N2O2S2. The van der Waals surface area contributed by atoms with Gasteiger partial charge in [-0.05, 0) is 24.3 Å². The largest absolute Gasteiger partial charge is 0.304 e. The van der Waals surface area contributed by atoms with E-state index in [9.17, 15) is 8.42 Å². The van der Waals surface area contributed by atoms with Crippen LogP contribution in [0.1, 0.15) is 0 Å². The number of fused-ring (bicyclic) bond motifs is 1. The molecule has 0 fully saturated rings. The number of aromatic nitrogens is 1. The quantitative estimate of drug-likeness (QED) is 0.694. The van der Waals surface area contributed by atoms with Crippen molar-refractivity contribution in [2.75, 3.05) is 0 Å². The lowest BCUT2D eigenvalue weighted by Crippen LogP contribution is -2.16. The minimum atomic E-state index is -3.76. The van der Waals surface area contributed by atoms with E-state index >= 15 is 0 Å². The smallest absolute Gasteiger partial charge is 0.285 e. The molecule has 22 heavy (non-hydrogen) atoms. The average molecular weight is 328 g/mol. The van der Waals surface area contributed by atoms with Crippen LogP contribution < -0.4 is 4.80 Å². The third-order valence-electron chi connectivity index (χ3n) is 3.08. The Labute approximate surface area is 132 Å². The highest BCUT2D eigenvalue weighted by Crippen LogP contribution is 2.18. The van der Waals surface area contributed by atoms with Gasteiger partial charge < -0.3 is 4.57 Å². The van der Waals surface area contributed by atoms with Crippen molar-refractivity contribution < 1.29 is 8.42 Å². The van der Waals surface area contributed by atoms with Crippen molar-refractivity contribution in [3.63, 3.8) is 0 Å². The molecule has 0 radical (unpaired) electrons. The fourth-order valence-electron chi connectivity index (χ4n) is 2.08. The summed E-state index contributed by atoms with van der Waals surface area (Å²) in [7, 11) is -3.76. The highest BCUT2D eigenvalue weighted by Gasteiger charge is 2.13. The van der Waals surface area contributed by atoms with Crippen molar-refractivity contribution in [3.05, 3.63) is 59.4 Å². The van der Waals surface area contributed by atoms with Crippen molar-refractivity contribution >= 4 is 31.6 Å². The molecule has 0 saturated heterocycles. The highest BCUT2D eigenvalue weighted by atomic mass is 32.2. The third-order valence-corrected chi connectivity index (χ3v) is 5.53. The van der Waals surface area contributed by atoms with E-state index < -0.39 is 10.0 Å². The number of para-hydroxylation sites is 1. The molecular weight excluding hydrogens is 316 g/mol. The van der Waals surface area contributed by atoms with Gasteiger partial charge in [0.15, 0.2) is 0 Å². The number of hydrogen-bond acceptors (Lipinski definition) is 3. The topological polar surface area (TPSA) is 51.4 Å². The van der Waals surface area contributed by atoms with Crippen LogP contribution in [0.2, 0.25) is 0 Å². The lowest BCUT2D eigenvalue weighted by Gasteiger charge is -2.00. The van der Waals surface area contributed by atoms with Crippen molar-refractivity contribution in [3.8, 4) is 12.3 Å². The molecule has 3 aromatic rings. The maximum Gasteiger partial charge on any atom is 0.285 e. The standard InChI is InChI=1S/C16H12N2O2S2/c1-2-12-18-14-10-6-7-11-15(14)21-16(18)17-22(19,20)13-8-4-3-5-9-13/h1,3-11H,12H2/b17-16-. The summed E-state index contributed by atoms with van der Waals surface area (Å²) >= 11 is 1.31. The second kappa shape index (κ2) is 5.79. The Morgan fingerprint density at radius 1 is 1.09 bits per heavy atom. The number of rotatable bonds is 3. The van der Waals surface area contributed by atoms with Gasteiger partial charge in [-0.25, -0.2) is 0 Å². The zero-order valence-electron chi connectivity index (χ0n) is 11.5. The van der Waals surface area contributed by atoms with Gasteiger partial charge in [0.2, 0.25) is 4.80 Å². The predicted octanol–water partition coefficient (Wildman–Crippen LogP) is 2.63. The van der Waals surface area contributed by atoms with Gasteiger partial charge in [0, 0.05) is 0 Å². The predicted molar refractivity (Wildman–Crippen MR) is 87.8 cm³/mol. The van der Waals surface area contributed by atoms with E-state index in [0.29, 0.717) is 4.80 Å². The Morgan fingerprint density at radius 3 is 2.50 bits per heavy atom. The Bertz CT molecular complexity index is 1020. The van der Waals surface area contributed by atoms with Gasteiger partial charge in [-0.1, -0.05) is 47.6 Å². The van der Waals surface area contributed by atoms with E-state index in [1.165, 1.54) is 23.5 Å². The molecule has 0 spiro atoms. The molecule has 0 N–H and O–H groups in total. The number of hydrogen-bond donors (Lipinski definition) is 0. The summed E-state index contributed by atoms with van der Waals surface area (Å²) in [5.41, 5.74) is 0.882. The normalized spacial score (nSPS) is 12.4. The molecule has 1 aromatic heterocycles. The van der Waals surface area contributed by atoms with Crippen LogP contribution >= 0.6 is 11.3 Å². The zero-order valence-corrected chi connectivity index (χ0v) is 13.1. The molecule has 0 aliphatic rings. The summed E-state index contributed by atoms with van der Waals surface area (Å²) in [4.78, 5) is 0.544. The molecule has 0 bridgehead atoms. The van der Waals surface area contributed by atoms with Crippen molar-refractivity contribution in [2.45, 2.75) is 11.4 Å². The maximum absolute atomic E-state index is 12.4. The highest BCUT2D eigenvalue weighted by molar-refractivity contribution is 7.90. The van der Waals surface area contributed by atoms with Crippen LogP contribution in [0.15, 0.2) is 63.9 Å². The molecule has 0 aliphatic carbocycles. The molecule has 0 atom stereocenters. The Morgan fingerprint density at radius 2 is 1.77 bits per heavy atom. The molecule has 110 valence electrons. The van der Waals surface area contributed by atoms with Crippen LogP contribution in [0.3, 0.4) is 0 Å². The molecule has 0 saturated carbocycles. The summed E-state index contributed by atoms with van der Waals surface area (Å²) < 4.78 is 31.5. The van der Waals surface area contributed by atoms with Gasteiger partial charge in [0.25, 0.3) is 10.0 Å². The first kappa shape index (κ1) is 14.6. The molecule has 1 heterocycles. The van der Waals surface area contributed by atoms with Gasteiger partial charge in [-0.3, -0.25) is 0 Å². The Balaban J connectivity index is 2.26. The van der Waals surface area contributed by atoms with Crippen LogP contribution in [0.25, 0.3) is 10.2 Å². The summed E-state index contributed by atoms with van der Waals surface area (Å²) in [6, 6.07) is 15.8. The first-order valence-electron chi connectivity index (χ1n) is 6.50. The van der Waals surface area contributed by atoms with Crippen LogP contribution in [0.5, 0.6) is 0 Å². The van der Waals surface area contributed by atoms with E-state index in [4.69, 9.17) is 6.42 Å². The number of thiazole rings is 1. The zero-order chi connectivity index (χ0) is 15.6. The van der Waals surface area contributed by atoms with Gasteiger partial charge >= 0.3 is 0 Å². The lowest BCUT2D eigenvalue weighted by molar-refractivity contribution is 0.596. The van der Waals surface area contributed by atoms with Crippen LogP contribution in [-0.2, 0) is 16.6 Å². The molecule has 3 rings (SSSR count). The van der Waals surface area contributed by atoms with E-state index in [1.54, 1.807) is 22.8 Å². The molecule has 0 amide bonds. The van der Waals surface area contributed by atoms with Gasteiger partial charge in [-0.15, -0.1) is 10.8 Å².